The van der Waals surface area contributed by atoms with Crippen molar-refractivity contribution in [2.24, 2.45) is 0 Å². The van der Waals surface area contributed by atoms with Crippen molar-refractivity contribution >= 4 is 22.6 Å². The molecule has 3 aromatic rings. The molecule has 0 saturated carbocycles. The van der Waals surface area contributed by atoms with Crippen LogP contribution in [0.15, 0.2) is 42.5 Å². The maximum absolute atomic E-state index is 13.9. The van der Waals surface area contributed by atoms with E-state index in [4.69, 9.17) is 11.6 Å². The van der Waals surface area contributed by atoms with Crippen LogP contribution in [-0.4, -0.2) is 9.55 Å². The fourth-order valence-corrected chi connectivity index (χ4v) is 2.76. The first kappa shape index (κ1) is 14.0. The highest BCUT2D eigenvalue weighted by Gasteiger charge is 2.18. The Morgan fingerprint density at radius 1 is 1.19 bits per heavy atom. The monoisotopic (exact) mass is 306 g/mol. The molecule has 0 fully saturated rings. The van der Waals surface area contributed by atoms with Gasteiger partial charge < -0.3 is 4.57 Å². The van der Waals surface area contributed by atoms with Gasteiger partial charge in [0.2, 0.25) is 0 Å². The Labute approximate surface area is 126 Å². The van der Waals surface area contributed by atoms with Gasteiger partial charge in [-0.05, 0) is 36.8 Å². The molecule has 3 rings (SSSR count). The molecule has 21 heavy (non-hydrogen) atoms. The molecule has 1 heterocycles. The third-order valence-corrected chi connectivity index (χ3v) is 3.82. The second-order valence-corrected chi connectivity index (χ2v) is 5.14. The number of halogens is 3. The van der Waals surface area contributed by atoms with Gasteiger partial charge in [-0.15, -0.1) is 11.6 Å². The van der Waals surface area contributed by atoms with Crippen LogP contribution in [0.1, 0.15) is 24.4 Å². The summed E-state index contributed by atoms with van der Waals surface area (Å²) in [4.78, 5) is 4.26. The zero-order valence-electron chi connectivity index (χ0n) is 11.4. The Balaban J connectivity index is 2.21. The first-order valence-electron chi connectivity index (χ1n) is 6.58. The molecule has 0 aliphatic rings. The van der Waals surface area contributed by atoms with Crippen LogP contribution in [-0.2, 0) is 5.88 Å². The third-order valence-electron chi connectivity index (χ3n) is 3.58. The molecular weight excluding hydrogens is 294 g/mol. The van der Waals surface area contributed by atoms with Crippen molar-refractivity contribution in [2.75, 3.05) is 0 Å². The summed E-state index contributed by atoms with van der Waals surface area (Å²) in [6.45, 7) is 1.91. The fraction of sp³-hybridized carbons (Fsp3) is 0.188. The lowest BCUT2D eigenvalue weighted by Gasteiger charge is -2.17. The highest BCUT2D eigenvalue weighted by Crippen LogP contribution is 2.28. The summed E-state index contributed by atoms with van der Waals surface area (Å²) in [6.07, 6.45) is 0. The van der Waals surface area contributed by atoms with E-state index in [0.717, 1.165) is 5.56 Å². The van der Waals surface area contributed by atoms with Gasteiger partial charge in [-0.25, -0.2) is 13.8 Å². The second kappa shape index (κ2) is 5.45. The van der Waals surface area contributed by atoms with Crippen LogP contribution in [0.3, 0.4) is 0 Å². The number of nitrogens with zero attached hydrogens (tertiary/aromatic N) is 2. The molecule has 1 unspecified atom stereocenters. The molecule has 2 nitrogen and oxygen atoms in total. The maximum Gasteiger partial charge on any atom is 0.151 e. The van der Waals surface area contributed by atoms with Crippen LogP contribution in [0.4, 0.5) is 8.78 Å². The summed E-state index contributed by atoms with van der Waals surface area (Å²) in [5, 5.41) is 0. The largest absolute Gasteiger partial charge is 0.320 e. The number of rotatable bonds is 3. The summed E-state index contributed by atoms with van der Waals surface area (Å²) in [5.41, 5.74) is 1.73. The number of alkyl halides is 1. The van der Waals surface area contributed by atoms with E-state index in [0.29, 0.717) is 11.3 Å². The summed E-state index contributed by atoms with van der Waals surface area (Å²) >= 11 is 5.94. The number of para-hydroxylation sites is 1. The molecule has 1 aromatic heterocycles. The third kappa shape index (κ3) is 2.40. The Morgan fingerprint density at radius 3 is 2.67 bits per heavy atom. The van der Waals surface area contributed by atoms with Gasteiger partial charge in [0.1, 0.15) is 17.2 Å². The van der Waals surface area contributed by atoms with Gasteiger partial charge in [0.15, 0.2) is 5.82 Å². The van der Waals surface area contributed by atoms with Crippen LogP contribution in [0.5, 0.6) is 0 Å². The Morgan fingerprint density at radius 2 is 1.95 bits per heavy atom. The molecule has 5 heteroatoms. The molecule has 2 aromatic carbocycles. The predicted molar refractivity (Wildman–Crippen MR) is 79.5 cm³/mol. The maximum atomic E-state index is 13.9. The molecule has 108 valence electrons. The van der Waals surface area contributed by atoms with Crippen molar-refractivity contribution in [2.45, 2.75) is 18.8 Å². The summed E-state index contributed by atoms with van der Waals surface area (Å²) in [7, 11) is 0. The molecule has 0 aliphatic heterocycles. The number of benzene rings is 2. The van der Waals surface area contributed by atoms with E-state index >= 15 is 0 Å². The highest BCUT2D eigenvalue weighted by molar-refractivity contribution is 6.16. The minimum atomic E-state index is -0.385. The van der Waals surface area contributed by atoms with Crippen molar-refractivity contribution in [3.05, 3.63) is 65.5 Å². The lowest BCUT2D eigenvalue weighted by molar-refractivity contribution is 0.602. The summed E-state index contributed by atoms with van der Waals surface area (Å²) in [5.74, 6) is 0.0355. The van der Waals surface area contributed by atoms with Crippen molar-refractivity contribution < 1.29 is 8.78 Å². The molecule has 0 radical (unpaired) electrons. The minimum Gasteiger partial charge on any atom is -0.320 e. The quantitative estimate of drug-likeness (QED) is 0.643. The number of imidazole rings is 1. The van der Waals surface area contributed by atoms with E-state index in [1.54, 1.807) is 18.2 Å². The van der Waals surface area contributed by atoms with E-state index in [1.165, 1.54) is 18.2 Å². The van der Waals surface area contributed by atoms with E-state index in [2.05, 4.69) is 4.98 Å². The van der Waals surface area contributed by atoms with Crippen LogP contribution in [0.25, 0.3) is 11.0 Å². The Hall–Kier alpha value is -1.94. The second-order valence-electron chi connectivity index (χ2n) is 4.87. The number of fused-ring (bicyclic) bond motifs is 1. The SMILES string of the molecule is CC(c1cccc(F)c1)n1c(CCl)nc2c(F)cccc21. The van der Waals surface area contributed by atoms with Crippen molar-refractivity contribution in [3.8, 4) is 0 Å². The number of hydrogen-bond donors (Lipinski definition) is 0. The zero-order chi connectivity index (χ0) is 15.0. The summed E-state index contributed by atoms with van der Waals surface area (Å²) < 4.78 is 29.1. The fourth-order valence-electron chi connectivity index (χ4n) is 2.57. The zero-order valence-corrected chi connectivity index (χ0v) is 12.1. The first-order valence-corrected chi connectivity index (χ1v) is 7.12. The molecule has 0 bridgehead atoms. The van der Waals surface area contributed by atoms with Crippen LogP contribution < -0.4 is 0 Å². The van der Waals surface area contributed by atoms with E-state index in [1.807, 2.05) is 17.6 Å². The lowest BCUT2D eigenvalue weighted by atomic mass is 10.1. The highest BCUT2D eigenvalue weighted by atomic mass is 35.5. The lowest BCUT2D eigenvalue weighted by Crippen LogP contribution is -2.10. The smallest absolute Gasteiger partial charge is 0.151 e. The van der Waals surface area contributed by atoms with E-state index in [-0.39, 0.29) is 29.1 Å². The Kier molecular flexibility index (Phi) is 3.64. The minimum absolute atomic E-state index is 0.160. The van der Waals surface area contributed by atoms with Gasteiger partial charge in [0.25, 0.3) is 0 Å². The van der Waals surface area contributed by atoms with Crippen molar-refractivity contribution in [1.29, 1.82) is 0 Å². The topological polar surface area (TPSA) is 17.8 Å². The number of hydrogen-bond acceptors (Lipinski definition) is 1. The molecular formula is C16H13ClF2N2. The van der Waals surface area contributed by atoms with Gasteiger partial charge in [0, 0.05) is 0 Å². The van der Waals surface area contributed by atoms with Crippen LogP contribution in [0.2, 0.25) is 0 Å². The first-order chi connectivity index (χ1) is 10.1. The predicted octanol–water partition coefficient (Wildman–Crippen LogP) is 4.66. The van der Waals surface area contributed by atoms with Crippen LogP contribution >= 0.6 is 11.6 Å². The molecule has 1 atom stereocenters. The molecule has 0 saturated heterocycles. The van der Waals surface area contributed by atoms with Gasteiger partial charge in [-0.1, -0.05) is 18.2 Å². The average Bonchev–Trinajstić information content (AvgIpc) is 2.86. The Bertz CT molecular complexity index is 798. The van der Waals surface area contributed by atoms with Gasteiger partial charge in [0.05, 0.1) is 17.4 Å². The molecule has 0 aliphatic carbocycles. The number of aromatic nitrogens is 2. The summed E-state index contributed by atoms with van der Waals surface area (Å²) in [6, 6.07) is 10.9. The average molecular weight is 307 g/mol. The van der Waals surface area contributed by atoms with Gasteiger partial charge in [-0.2, -0.15) is 0 Å². The molecule has 0 amide bonds. The van der Waals surface area contributed by atoms with Gasteiger partial charge in [-0.3, -0.25) is 0 Å². The van der Waals surface area contributed by atoms with E-state index in [9.17, 15) is 8.78 Å². The van der Waals surface area contributed by atoms with Gasteiger partial charge >= 0.3 is 0 Å². The van der Waals surface area contributed by atoms with E-state index < -0.39 is 0 Å². The van der Waals surface area contributed by atoms with Crippen molar-refractivity contribution in [1.82, 2.24) is 9.55 Å². The normalized spacial score (nSPS) is 12.8. The molecule has 0 spiro atoms. The van der Waals surface area contributed by atoms with Crippen molar-refractivity contribution in [3.63, 3.8) is 0 Å². The standard InChI is InChI=1S/C16H13ClF2N2/c1-10(11-4-2-5-12(18)8-11)21-14-7-3-6-13(19)16(14)20-15(21)9-17/h2-8,10H,9H2,1H3. The van der Waals surface area contributed by atoms with Crippen LogP contribution in [0, 0.1) is 11.6 Å². The molecule has 0 N–H and O–H groups in total.